The van der Waals surface area contributed by atoms with Gasteiger partial charge in [0.2, 0.25) is 0 Å². The number of benzene rings is 5. The number of carbonyl (C=O) groups is 2. The predicted molar refractivity (Wildman–Crippen MR) is 159 cm³/mol. The van der Waals surface area contributed by atoms with Gasteiger partial charge in [-0.3, -0.25) is 9.59 Å². The van der Waals surface area contributed by atoms with E-state index in [0.29, 0.717) is 0 Å². The minimum atomic E-state index is 0.0736. The maximum absolute atomic E-state index is 11.3. The van der Waals surface area contributed by atoms with E-state index in [9.17, 15) is 9.59 Å². The van der Waals surface area contributed by atoms with Crippen molar-refractivity contribution in [3.05, 3.63) is 119 Å². The Balaban J connectivity index is 1.35. The number of hydrogen-bond acceptors (Lipinski definition) is 4. The average Bonchev–Trinajstić information content (AvgIpc) is 2.90. The Labute approximate surface area is 230 Å². The molecular formula is C34H22O2S2. The third-order valence-electron chi connectivity index (χ3n) is 5.73. The van der Waals surface area contributed by atoms with Crippen molar-refractivity contribution in [1.29, 1.82) is 0 Å². The number of rotatable bonds is 2. The Kier molecular flexibility index (Phi) is 7.66. The molecule has 0 N–H and O–H groups in total. The van der Waals surface area contributed by atoms with Gasteiger partial charge in [0.15, 0.2) is 10.2 Å². The third kappa shape index (κ3) is 6.55. The van der Waals surface area contributed by atoms with Crippen molar-refractivity contribution in [3.63, 3.8) is 0 Å². The van der Waals surface area contributed by atoms with Crippen LogP contribution in [-0.2, 0) is 9.59 Å². The highest BCUT2D eigenvalue weighted by molar-refractivity contribution is 8.13. The largest absolute Gasteiger partial charge is 0.287 e. The van der Waals surface area contributed by atoms with Gasteiger partial charge in [-0.05, 0) is 106 Å². The first-order valence-corrected chi connectivity index (χ1v) is 13.6. The van der Waals surface area contributed by atoms with Crippen LogP contribution < -0.4 is 0 Å². The number of fused-ring (bicyclic) bond motifs is 2. The Bertz CT molecular complexity index is 1670. The molecule has 5 rings (SSSR count). The first-order chi connectivity index (χ1) is 18.4. The number of hydrogen-bond donors (Lipinski definition) is 0. The van der Waals surface area contributed by atoms with E-state index >= 15 is 0 Å². The van der Waals surface area contributed by atoms with Crippen molar-refractivity contribution in [2.24, 2.45) is 0 Å². The molecule has 0 heterocycles. The number of thioether (sulfide) groups is 2. The van der Waals surface area contributed by atoms with Crippen molar-refractivity contribution in [2.75, 3.05) is 0 Å². The highest BCUT2D eigenvalue weighted by Crippen LogP contribution is 2.25. The minimum Gasteiger partial charge on any atom is -0.287 e. The molecule has 38 heavy (non-hydrogen) atoms. The zero-order valence-electron chi connectivity index (χ0n) is 20.9. The maximum atomic E-state index is 11.3. The minimum absolute atomic E-state index is 0.0736. The summed E-state index contributed by atoms with van der Waals surface area (Å²) in [7, 11) is 0. The first-order valence-electron chi connectivity index (χ1n) is 12.0. The molecule has 2 nitrogen and oxygen atoms in total. The standard InChI is InChI=1S/C34H22O2S2/c1-23(35)37-33-15-9-25(10-16-33)3-5-27-7-13-29-22-32-20-28(8-14-30(32)21-31(29)19-27)6-4-26-11-17-34(18-12-26)38-24(2)36/h7-22H,1-2H3. The third-order valence-corrected chi connectivity index (χ3v) is 7.32. The van der Waals surface area contributed by atoms with Crippen LogP contribution in [-0.4, -0.2) is 10.2 Å². The summed E-state index contributed by atoms with van der Waals surface area (Å²) in [6, 6.07) is 32.3. The lowest BCUT2D eigenvalue weighted by Gasteiger charge is -2.04. The summed E-state index contributed by atoms with van der Waals surface area (Å²) in [4.78, 5) is 24.4. The Hall–Kier alpha value is -4.22. The van der Waals surface area contributed by atoms with E-state index in [2.05, 4.69) is 60.1 Å². The normalized spacial score (nSPS) is 10.4. The van der Waals surface area contributed by atoms with E-state index in [1.165, 1.54) is 23.5 Å². The highest BCUT2D eigenvalue weighted by atomic mass is 32.2. The van der Waals surface area contributed by atoms with Crippen molar-refractivity contribution < 1.29 is 9.59 Å². The van der Waals surface area contributed by atoms with Gasteiger partial charge in [0.25, 0.3) is 0 Å². The molecule has 0 aliphatic rings. The predicted octanol–water partition coefficient (Wildman–Crippen LogP) is 8.07. The van der Waals surface area contributed by atoms with Crippen LogP contribution in [0.1, 0.15) is 36.1 Å². The molecule has 0 spiro atoms. The Morgan fingerprint density at radius 2 is 0.789 bits per heavy atom. The van der Waals surface area contributed by atoms with Gasteiger partial charge in [-0.1, -0.05) is 59.3 Å². The zero-order chi connectivity index (χ0) is 26.5. The fraction of sp³-hybridized carbons (Fsp3) is 0.0588. The molecule has 0 atom stereocenters. The molecule has 0 saturated carbocycles. The summed E-state index contributed by atoms with van der Waals surface area (Å²) in [5.41, 5.74) is 3.73. The second-order valence-corrected chi connectivity index (χ2v) is 11.2. The number of carbonyl (C=O) groups excluding carboxylic acids is 2. The van der Waals surface area contributed by atoms with Gasteiger partial charge >= 0.3 is 0 Å². The lowest BCUT2D eigenvalue weighted by Crippen LogP contribution is -1.83. The van der Waals surface area contributed by atoms with Gasteiger partial charge in [0.1, 0.15) is 0 Å². The van der Waals surface area contributed by atoms with Gasteiger partial charge in [0.05, 0.1) is 0 Å². The molecule has 0 aliphatic heterocycles. The molecule has 0 radical (unpaired) electrons. The fourth-order valence-corrected chi connectivity index (χ4v) is 5.19. The van der Waals surface area contributed by atoms with E-state index in [0.717, 1.165) is 53.6 Å². The van der Waals surface area contributed by atoms with Crippen molar-refractivity contribution in [2.45, 2.75) is 23.6 Å². The molecular weight excluding hydrogens is 505 g/mol. The molecule has 182 valence electrons. The second-order valence-electron chi connectivity index (χ2n) is 8.71. The molecule has 0 fully saturated rings. The van der Waals surface area contributed by atoms with Crippen LogP contribution in [0, 0.1) is 23.7 Å². The van der Waals surface area contributed by atoms with E-state index in [-0.39, 0.29) is 10.2 Å². The molecule has 0 aliphatic carbocycles. The summed E-state index contributed by atoms with van der Waals surface area (Å²) in [5, 5.41) is 4.73. The SMILES string of the molecule is CC(=O)Sc1ccc(C#Cc2ccc3cc4cc(C#Cc5ccc(SC(C)=O)cc5)ccc4cc3c2)cc1. The molecule has 0 amide bonds. The summed E-state index contributed by atoms with van der Waals surface area (Å²) in [5.74, 6) is 12.9. The average molecular weight is 527 g/mol. The molecule has 5 aromatic carbocycles. The van der Waals surface area contributed by atoms with E-state index in [4.69, 9.17) is 0 Å². The first kappa shape index (κ1) is 25.4. The van der Waals surface area contributed by atoms with Crippen molar-refractivity contribution in [1.82, 2.24) is 0 Å². The molecule has 0 bridgehead atoms. The molecule has 0 aromatic heterocycles. The van der Waals surface area contributed by atoms with E-state index < -0.39 is 0 Å². The highest BCUT2D eigenvalue weighted by Gasteiger charge is 2.02. The summed E-state index contributed by atoms with van der Waals surface area (Å²) >= 11 is 2.45. The maximum Gasteiger partial charge on any atom is 0.190 e. The van der Waals surface area contributed by atoms with Crippen molar-refractivity contribution >= 4 is 55.3 Å². The monoisotopic (exact) mass is 526 g/mol. The van der Waals surface area contributed by atoms with Crippen LogP contribution in [0.3, 0.4) is 0 Å². The van der Waals surface area contributed by atoms with Crippen LogP contribution in [0.4, 0.5) is 0 Å². The molecule has 0 unspecified atom stereocenters. The fourth-order valence-electron chi connectivity index (χ4n) is 3.99. The van der Waals surface area contributed by atoms with Gasteiger partial charge in [-0.25, -0.2) is 0 Å². The van der Waals surface area contributed by atoms with Gasteiger partial charge in [-0.2, -0.15) is 0 Å². The smallest absolute Gasteiger partial charge is 0.190 e. The van der Waals surface area contributed by atoms with E-state index in [1.807, 2.05) is 60.7 Å². The lowest BCUT2D eigenvalue weighted by atomic mass is 10.00. The van der Waals surface area contributed by atoms with Crippen LogP contribution in [0.2, 0.25) is 0 Å². The molecule has 0 saturated heterocycles. The topological polar surface area (TPSA) is 34.1 Å². The quantitative estimate of drug-likeness (QED) is 0.132. The molecule has 4 heteroatoms. The van der Waals surface area contributed by atoms with Crippen molar-refractivity contribution in [3.8, 4) is 23.7 Å². The summed E-state index contributed by atoms with van der Waals surface area (Å²) in [6.45, 7) is 3.13. The van der Waals surface area contributed by atoms with E-state index in [1.54, 1.807) is 13.8 Å². The Morgan fingerprint density at radius 1 is 0.447 bits per heavy atom. The van der Waals surface area contributed by atoms with Crippen LogP contribution in [0.15, 0.2) is 107 Å². The van der Waals surface area contributed by atoms with Gasteiger partial charge in [0, 0.05) is 45.9 Å². The van der Waals surface area contributed by atoms with Crippen LogP contribution in [0.25, 0.3) is 21.5 Å². The van der Waals surface area contributed by atoms with Crippen LogP contribution in [0.5, 0.6) is 0 Å². The summed E-state index contributed by atoms with van der Waals surface area (Å²) in [6.07, 6.45) is 0. The zero-order valence-corrected chi connectivity index (χ0v) is 22.5. The molecule has 5 aromatic rings. The second kappa shape index (κ2) is 11.4. The van der Waals surface area contributed by atoms with Gasteiger partial charge < -0.3 is 0 Å². The summed E-state index contributed by atoms with van der Waals surface area (Å²) < 4.78 is 0. The lowest BCUT2D eigenvalue weighted by molar-refractivity contribution is -0.109. The van der Waals surface area contributed by atoms with Crippen LogP contribution >= 0.6 is 23.5 Å². The van der Waals surface area contributed by atoms with Gasteiger partial charge in [-0.15, -0.1) is 0 Å². The Morgan fingerprint density at radius 3 is 1.16 bits per heavy atom.